The van der Waals surface area contributed by atoms with Crippen molar-refractivity contribution in [1.29, 1.82) is 0 Å². The second kappa shape index (κ2) is 4.97. The lowest BCUT2D eigenvalue weighted by Gasteiger charge is -2.08. The minimum Gasteiger partial charge on any atom is -0.437 e. The highest BCUT2D eigenvalue weighted by Gasteiger charge is 2.05. The molecule has 0 fully saturated rings. The van der Waals surface area contributed by atoms with Crippen molar-refractivity contribution in [2.75, 3.05) is 0 Å². The molecule has 0 aliphatic carbocycles. The van der Waals surface area contributed by atoms with Crippen LogP contribution in [-0.2, 0) is 0 Å². The van der Waals surface area contributed by atoms with E-state index in [0.29, 0.717) is 5.88 Å². The number of aryl methyl sites for hydroxylation is 1. The third kappa shape index (κ3) is 2.58. The molecule has 94 valence electrons. The first-order valence-electron chi connectivity index (χ1n) is 5.88. The summed E-state index contributed by atoms with van der Waals surface area (Å²) in [5.74, 6) is 1.28. The van der Waals surface area contributed by atoms with Gasteiger partial charge in [0.25, 0.3) is 0 Å². The Bertz CT molecular complexity index is 743. The number of halogens is 1. The van der Waals surface area contributed by atoms with Gasteiger partial charge in [0.05, 0.1) is 17.2 Å². The molecule has 1 aromatic heterocycles. The number of rotatable bonds is 2. The van der Waals surface area contributed by atoms with Gasteiger partial charge in [-0.05, 0) is 36.8 Å². The van der Waals surface area contributed by atoms with Crippen LogP contribution in [0.15, 0.2) is 53.1 Å². The molecule has 19 heavy (non-hydrogen) atoms. The fourth-order valence-corrected chi connectivity index (χ4v) is 2.13. The van der Waals surface area contributed by atoms with E-state index < -0.39 is 0 Å². The summed E-state index contributed by atoms with van der Waals surface area (Å²) < 4.78 is 6.77. The molecule has 0 aliphatic rings. The average molecular weight is 315 g/mol. The van der Waals surface area contributed by atoms with Gasteiger partial charge < -0.3 is 4.74 Å². The predicted molar refractivity (Wildman–Crippen MR) is 78.5 cm³/mol. The highest BCUT2D eigenvalue weighted by molar-refractivity contribution is 9.10. The Hall–Kier alpha value is -1.94. The van der Waals surface area contributed by atoms with Gasteiger partial charge in [-0.3, -0.25) is 0 Å². The molecule has 0 amide bonds. The summed E-state index contributed by atoms with van der Waals surface area (Å²) in [7, 11) is 0. The SMILES string of the molecule is Cc1ccc(Br)cc1Oc1cnc2ccccc2n1. The van der Waals surface area contributed by atoms with Crippen molar-refractivity contribution in [2.45, 2.75) is 6.92 Å². The van der Waals surface area contributed by atoms with Gasteiger partial charge in [-0.25, -0.2) is 9.97 Å². The first-order chi connectivity index (χ1) is 9.22. The number of aromatic nitrogens is 2. The lowest BCUT2D eigenvalue weighted by molar-refractivity contribution is 0.459. The van der Waals surface area contributed by atoms with E-state index in [4.69, 9.17) is 4.74 Å². The second-order valence-corrected chi connectivity index (χ2v) is 5.12. The number of nitrogens with zero attached hydrogens (tertiary/aromatic N) is 2. The van der Waals surface area contributed by atoms with Crippen LogP contribution in [0.4, 0.5) is 0 Å². The van der Waals surface area contributed by atoms with Crippen molar-refractivity contribution in [2.24, 2.45) is 0 Å². The molecule has 0 atom stereocenters. The number of para-hydroxylation sites is 2. The highest BCUT2D eigenvalue weighted by Crippen LogP contribution is 2.27. The zero-order valence-corrected chi connectivity index (χ0v) is 11.9. The fourth-order valence-electron chi connectivity index (χ4n) is 1.79. The van der Waals surface area contributed by atoms with E-state index in [1.807, 2.05) is 49.4 Å². The maximum absolute atomic E-state index is 5.79. The first-order valence-corrected chi connectivity index (χ1v) is 6.67. The minimum atomic E-state index is 0.500. The number of hydrogen-bond donors (Lipinski definition) is 0. The number of ether oxygens (including phenoxy) is 1. The first kappa shape index (κ1) is 12.1. The van der Waals surface area contributed by atoms with Crippen LogP contribution in [0, 0.1) is 6.92 Å². The molecule has 0 saturated carbocycles. The molecule has 1 heterocycles. The van der Waals surface area contributed by atoms with Gasteiger partial charge in [0.15, 0.2) is 0 Å². The van der Waals surface area contributed by atoms with Crippen LogP contribution in [0.2, 0.25) is 0 Å². The zero-order chi connectivity index (χ0) is 13.2. The average Bonchev–Trinajstić information content (AvgIpc) is 2.43. The molecule has 3 rings (SSSR count). The van der Waals surface area contributed by atoms with Gasteiger partial charge in [-0.2, -0.15) is 0 Å². The third-order valence-electron chi connectivity index (χ3n) is 2.79. The Morgan fingerprint density at radius 1 is 1.05 bits per heavy atom. The molecule has 3 aromatic rings. The van der Waals surface area contributed by atoms with Crippen molar-refractivity contribution >= 4 is 27.0 Å². The van der Waals surface area contributed by atoms with Crippen LogP contribution in [0.25, 0.3) is 11.0 Å². The number of hydrogen-bond acceptors (Lipinski definition) is 3. The number of benzene rings is 2. The van der Waals surface area contributed by atoms with Gasteiger partial charge in [0, 0.05) is 4.47 Å². The molecule has 0 radical (unpaired) electrons. The third-order valence-corrected chi connectivity index (χ3v) is 3.28. The minimum absolute atomic E-state index is 0.500. The summed E-state index contributed by atoms with van der Waals surface area (Å²) >= 11 is 3.43. The van der Waals surface area contributed by atoms with Crippen molar-refractivity contribution in [1.82, 2.24) is 9.97 Å². The monoisotopic (exact) mass is 314 g/mol. The van der Waals surface area contributed by atoms with Crippen LogP contribution in [-0.4, -0.2) is 9.97 Å². The standard InChI is InChI=1S/C15H11BrN2O/c1-10-6-7-11(16)8-14(10)19-15-9-17-12-4-2-3-5-13(12)18-15/h2-9H,1H3. The summed E-state index contributed by atoms with van der Waals surface area (Å²) in [6.45, 7) is 2.00. The summed E-state index contributed by atoms with van der Waals surface area (Å²) in [6, 6.07) is 13.6. The highest BCUT2D eigenvalue weighted by atomic mass is 79.9. The van der Waals surface area contributed by atoms with Crippen molar-refractivity contribution in [3.8, 4) is 11.6 Å². The lowest BCUT2D eigenvalue weighted by atomic mass is 10.2. The van der Waals surface area contributed by atoms with Crippen LogP contribution >= 0.6 is 15.9 Å². The van der Waals surface area contributed by atoms with Crippen molar-refractivity contribution in [3.63, 3.8) is 0 Å². The van der Waals surface area contributed by atoms with Crippen molar-refractivity contribution in [3.05, 3.63) is 58.7 Å². The Kier molecular flexibility index (Phi) is 3.17. The summed E-state index contributed by atoms with van der Waals surface area (Å²) in [5, 5.41) is 0. The molecule has 2 aromatic carbocycles. The van der Waals surface area contributed by atoms with Gasteiger partial charge in [-0.15, -0.1) is 0 Å². The van der Waals surface area contributed by atoms with E-state index >= 15 is 0 Å². The quantitative estimate of drug-likeness (QED) is 0.699. The molecular weight excluding hydrogens is 304 g/mol. The van der Waals surface area contributed by atoms with Crippen LogP contribution in [0.5, 0.6) is 11.6 Å². The Morgan fingerprint density at radius 3 is 2.68 bits per heavy atom. The van der Waals surface area contributed by atoms with E-state index in [0.717, 1.165) is 26.8 Å². The summed E-state index contributed by atoms with van der Waals surface area (Å²) in [6.07, 6.45) is 1.64. The van der Waals surface area contributed by atoms with E-state index in [9.17, 15) is 0 Å². The predicted octanol–water partition coefficient (Wildman–Crippen LogP) is 4.49. The fraction of sp³-hybridized carbons (Fsp3) is 0.0667. The Balaban J connectivity index is 1.98. The molecule has 4 heteroatoms. The maximum Gasteiger partial charge on any atom is 0.238 e. The molecule has 0 unspecified atom stereocenters. The second-order valence-electron chi connectivity index (χ2n) is 4.21. The molecular formula is C15H11BrN2O. The van der Waals surface area contributed by atoms with Gasteiger partial charge in [0.2, 0.25) is 5.88 Å². The number of fused-ring (bicyclic) bond motifs is 1. The van der Waals surface area contributed by atoms with E-state index in [2.05, 4.69) is 25.9 Å². The Morgan fingerprint density at radius 2 is 1.84 bits per heavy atom. The van der Waals surface area contributed by atoms with Crippen LogP contribution < -0.4 is 4.74 Å². The largest absolute Gasteiger partial charge is 0.437 e. The zero-order valence-electron chi connectivity index (χ0n) is 10.3. The molecule has 0 N–H and O–H groups in total. The Labute approximate surface area is 119 Å². The van der Waals surface area contributed by atoms with Gasteiger partial charge >= 0.3 is 0 Å². The van der Waals surface area contributed by atoms with E-state index in [1.165, 1.54) is 0 Å². The smallest absolute Gasteiger partial charge is 0.238 e. The normalized spacial score (nSPS) is 10.6. The van der Waals surface area contributed by atoms with Gasteiger partial charge in [0.1, 0.15) is 5.75 Å². The lowest BCUT2D eigenvalue weighted by Crippen LogP contribution is -1.92. The summed E-state index contributed by atoms with van der Waals surface area (Å²) in [4.78, 5) is 8.77. The topological polar surface area (TPSA) is 35.0 Å². The summed E-state index contributed by atoms with van der Waals surface area (Å²) in [5.41, 5.74) is 2.74. The van der Waals surface area contributed by atoms with Crippen LogP contribution in [0.1, 0.15) is 5.56 Å². The van der Waals surface area contributed by atoms with Crippen molar-refractivity contribution < 1.29 is 4.74 Å². The molecule has 0 saturated heterocycles. The molecule has 0 spiro atoms. The van der Waals surface area contributed by atoms with E-state index in [-0.39, 0.29) is 0 Å². The van der Waals surface area contributed by atoms with Gasteiger partial charge in [-0.1, -0.05) is 34.1 Å². The van der Waals surface area contributed by atoms with Crippen LogP contribution in [0.3, 0.4) is 0 Å². The van der Waals surface area contributed by atoms with E-state index in [1.54, 1.807) is 6.20 Å². The molecule has 3 nitrogen and oxygen atoms in total. The molecule has 0 bridgehead atoms. The molecule has 0 aliphatic heterocycles. The maximum atomic E-state index is 5.79.